The molecule has 0 saturated carbocycles. The van der Waals surface area contributed by atoms with Crippen molar-refractivity contribution in [2.75, 3.05) is 0 Å². The van der Waals surface area contributed by atoms with Crippen LogP contribution in [0.4, 0.5) is 0 Å². The van der Waals surface area contributed by atoms with Crippen LogP contribution in [0, 0.1) is 26.4 Å². The fraction of sp³-hybridized carbons (Fsp3) is 0. The van der Waals surface area contributed by atoms with Gasteiger partial charge in [-0.3, -0.25) is 0 Å². The van der Waals surface area contributed by atoms with Crippen LogP contribution in [0.2, 0.25) is 0 Å². The number of allylic oxidation sites excluding steroid dienone is 4. The molecule has 0 aromatic heterocycles. The van der Waals surface area contributed by atoms with Gasteiger partial charge < -0.3 is 0 Å². The summed E-state index contributed by atoms with van der Waals surface area (Å²) < 4.78 is 28.9. The third-order valence-corrected chi connectivity index (χ3v) is 16.0. The molecule has 0 amide bonds. The molecule has 0 aliphatic heterocycles. The first-order valence-electron chi connectivity index (χ1n) is 15.5. The minimum absolute atomic E-state index is 0. The summed E-state index contributed by atoms with van der Waals surface area (Å²) in [5.41, 5.74) is 0. The van der Waals surface area contributed by atoms with Crippen molar-refractivity contribution in [1.29, 1.82) is 0 Å². The third-order valence-electron chi connectivity index (χ3n) is 7.60. The number of benzene rings is 6. The van der Waals surface area contributed by atoms with E-state index in [2.05, 4.69) is 202 Å². The summed E-state index contributed by atoms with van der Waals surface area (Å²) in [7, 11) is -4.99. The van der Waals surface area contributed by atoms with Crippen molar-refractivity contribution >= 4 is 45.9 Å². The first kappa shape index (κ1) is 42.4. The molecule has 7 rings (SSSR count). The molecule has 1 radical (unpaired) electrons. The van der Waals surface area contributed by atoms with Gasteiger partial charge in [-0.2, -0.15) is 0 Å². The maximum atomic E-state index is 7.50. The Balaban J connectivity index is 0.000000665. The van der Waals surface area contributed by atoms with Crippen LogP contribution in [0.1, 0.15) is 0 Å². The number of hydrogen-bond acceptors (Lipinski definition) is 0. The van der Waals surface area contributed by atoms with Gasteiger partial charge in [0.15, 0.2) is 0 Å². The predicted octanol–water partition coefficient (Wildman–Crippen LogP) is 7.61. The van der Waals surface area contributed by atoms with E-state index in [-0.39, 0.29) is 21.1 Å². The molecular weight excluding hydrogens is 836 g/mol. The molecule has 0 N–H and O–H groups in total. The summed E-state index contributed by atoms with van der Waals surface area (Å²) in [6.45, 7) is 13.5. The van der Waals surface area contributed by atoms with Crippen molar-refractivity contribution in [2.24, 2.45) is 0 Å². The first-order chi connectivity index (χ1) is 24.8. The summed E-state index contributed by atoms with van der Waals surface area (Å²) in [5, 5.41) is 7.55. The van der Waals surface area contributed by atoms with Crippen LogP contribution in [0.3, 0.4) is 0 Å². The molecule has 6 aromatic carbocycles. The van der Waals surface area contributed by atoms with Crippen molar-refractivity contribution in [1.82, 2.24) is 4.17 Å². The van der Waals surface area contributed by atoms with E-state index >= 15 is 0 Å². The summed E-state index contributed by atoms with van der Waals surface area (Å²) >= 11 is 0. The van der Waals surface area contributed by atoms with Gasteiger partial charge in [0.1, 0.15) is 0 Å². The van der Waals surface area contributed by atoms with Gasteiger partial charge in [0.2, 0.25) is 0 Å². The Bertz CT molecular complexity index is 1750. The van der Waals surface area contributed by atoms with E-state index in [1.807, 2.05) is 30.7 Å². The average Bonchev–Trinajstić information content (AvgIpc) is 3.84. The number of nitrogens with zero attached hydrogens (tertiary/aromatic N) is 1. The summed E-state index contributed by atoms with van der Waals surface area (Å²) in [4.78, 5) is 0. The van der Waals surface area contributed by atoms with Crippen molar-refractivity contribution in [3.8, 4) is 0 Å². The van der Waals surface area contributed by atoms with E-state index in [1.54, 1.807) is 0 Å². The minimum atomic E-state index is -2.50. The number of rotatable bonds is 6. The summed E-state index contributed by atoms with van der Waals surface area (Å²) in [6.07, 6.45) is 10.0. The van der Waals surface area contributed by atoms with Crippen LogP contribution in [0.15, 0.2) is 206 Å². The largest absolute Gasteiger partial charge is 0.301 e. The van der Waals surface area contributed by atoms with Gasteiger partial charge in [-0.15, -0.1) is 4.17 Å². The molecule has 7 heteroatoms. The Morgan fingerprint density at radius 3 is 0.608 bits per heavy atom. The molecule has 51 heavy (non-hydrogen) atoms. The topological polar surface area (TPSA) is 73.8 Å². The van der Waals surface area contributed by atoms with E-state index < -0.39 is 14.1 Å². The van der Waals surface area contributed by atoms with E-state index in [4.69, 9.17) is 18.1 Å². The molecule has 0 heterocycles. The number of hydrogen-bond donors (Lipinski definition) is 0. The molecule has 0 spiro atoms. The monoisotopic (exact) mass is 871 g/mol. The van der Waals surface area contributed by atoms with E-state index in [0.29, 0.717) is 0 Å². The maximum Gasteiger partial charge on any atom is 0.301 e. The van der Waals surface area contributed by atoms with Crippen LogP contribution in [0.25, 0.3) is 0 Å². The van der Waals surface area contributed by atoms with E-state index in [1.165, 1.54) is 31.8 Å². The van der Waals surface area contributed by atoms with Gasteiger partial charge in [-0.05, 0) is 72.8 Å². The fourth-order valence-corrected chi connectivity index (χ4v) is 15.1. The normalized spacial score (nSPS) is 10.6. The molecule has 1 aliphatic rings. The molecule has 0 saturated heterocycles. The van der Waals surface area contributed by atoms with Crippen molar-refractivity contribution < 1.29 is 35.0 Å². The maximum absolute atomic E-state index is 7.50. The van der Waals surface area contributed by atoms with Gasteiger partial charge in [0.05, 0.1) is 31.8 Å². The van der Waals surface area contributed by atoms with Crippen molar-refractivity contribution in [3.05, 3.63) is 233 Å². The van der Waals surface area contributed by atoms with Crippen LogP contribution in [-0.4, -0.2) is 0 Å². The smallest absolute Gasteiger partial charge is 0.148 e. The minimum Gasteiger partial charge on any atom is -0.148 e. The molecule has 0 atom stereocenters. The fourth-order valence-electron chi connectivity index (χ4n) is 5.59. The van der Waals surface area contributed by atoms with Gasteiger partial charge in [-0.25, -0.2) is 0 Å². The van der Waals surface area contributed by atoms with Crippen LogP contribution in [-0.2, 0) is 35.0 Å². The molecular formula is C44H35NO3P2W+. The molecule has 0 bridgehead atoms. The average molecular weight is 872 g/mol. The van der Waals surface area contributed by atoms with Crippen LogP contribution >= 0.6 is 14.1 Å². The second kappa shape index (κ2) is 23.6. The molecule has 0 fully saturated rings. The Hall–Kier alpha value is -4.72. The first-order valence-corrected chi connectivity index (χ1v) is 19.0. The standard InChI is InChI=1S/C36H30NP2.C5H5.3CO.W/c1-7-19-31(20-8-1)38(32-21-9-2-10-22-32,33-23-11-3-12-24-33)37-39(34-25-13-4-14-26-34,35-27-15-5-16-28-35)36-29-17-6-18-30-36;1-2-4-5-3-1;3*1-2;/h1-30H;1-5H;;;;/q+1;;;;;. The Kier molecular flexibility index (Phi) is 19.7. The zero-order valence-electron chi connectivity index (χ0n) is 27.7. The molecule has 1 aliphatic carbocycles. The second-order valence-corrected chi connectivity index (χ2v) is 16.7. The van der Waals surface area contributed by atoms with Crippen LogP contribution in [0.5, 0.6) is 0 Å². The van der Waals surface area contributed by atoms with Gasteiger partial charge >= 0.3 is 48.0 Å². The van der Waals surface area contributed by atoms with E-state index in [0.717, 1.165) is 0 Å². The quantitative estimate of drug-likeness (QED) is 0.0716. The zero-order chi connectivity index (χ0) is 35.9. The van der Waals surface area contributed by atoms with Crippen molar-refractivity contribution in [2.45, 2.75) is 0 Å². The Morgan fingerprint density at radius 2 is 0.471 bits per heavy atom. The third kappa shape index (κ3) is 10.4. The predicted molar refractivity (Wildman–Crippen MR) is 207 cm³/mol. The molecule has 249 valence electrons. The molecule has 6 aromatic rings. The molecule has 0 unspecified atom stereocenters. The summed E-state index contributed by atoms with van der Waals surface area (Å²) in [6, 6.07) is 65.7. The molecule has 4 nitrogen and oxygen atoms in total. The zero-order valence-corrected chi connectivity index (χ0v) is 32.4. The van der Waals surface area contributed by atoms with Crippen molar-refractivity contribution in [3.63, 3.8) is 0 Å². The summed E-state index contributed by atoms with van der Waals surface area (Å²) in [5.74, 6) is 0. The van der Waals surface area contributed by atoms with Crippen LogP contribution < -0.4 is 36.0 Å². The van der Waals surface area contributed by atoms with Gasteiger partial charge in [0, 0.05) is 27.5 Å². The second-order valence-electron chi connectivity index (χ2n) is 10.3. The Morgan fingerprint density at radius 1 is 0.294 bits per heavy atom. The van der Waals surface area contributed by atoms with Gasteiger partial charge in [0.25, 0.3) is 0 Å². The van der Waals surface area contributed by atoms with Gasteiger partial charge in [-0.1, -0.05) is 133 Å². The SMILES string of the molecule is [C-]#[O+].[C-]#[O+].[C-]#[O+].[CH]1C=CC=C1.[W].c1ccc(P(=[N+]=P(c2ccccc2)(c2ccccc2)c2ccccc2)(c2ccccc2)c2ccccc2)cc1. The van der Waals surface area contributed by atoms with E-state index in [9.17, 15) is 0 Å². The Labute approximate surface area is 316 Å².